The summed E-state index contributed by atoms with van der Waals surface area (Å²) < 4.78 is 35.0. The molecule has 1 rings (SSSR count). The number of aliphatic hydroxyl groups is 1. The number of esters is 3. The molecule has 0 saturated carbocycles. The zero-order valence-corrected chi connectivity index (χ0v) is 15.9. The molecular formula is C17H27FO8. The molecule has 0 aromatic heterocycles. The van der Waals surface area contributed by atoms with Crippen LogP contribution < -0.4 is 0 Å². The first-order valence-electron chi connectivity index (χ1n) is 8.46. The molecule has 7 atom stereocenters. The van der Waals surface area contributed by atoms with Crippen molar-refractivity contribution in [2.45, 2.75) is 71.3 Å². The Kier molecular flexibility index (Phi) is 7.52. The number of halogens is 1. The summed E-state index contributed by atoms with van der Waals surface area (Å²) in [6.07, 6.45) is -4.91. The third-order valence-corrected chi connectivity index (χ3v) is 4.69. The zero-order chi connectivity index (χ0) is 20.2. The van der Waals surface area contributed by atoms with Crippen LogP contribution in [-0.4, -0.2) is 60.4 Å². The molecule has 26 heavy (non-hydrogen) atoms. The van der Waals surface area contributed by atoms with E-state index >= 15 is 0 Å². The normalized spacial score (nSPS) is 33.7. The van der Waals surface area contributed by atoms with Crippen molar-refractivity contribution in [2.24, 2.45) is 11.8 Å². The van der Waals surface area contributed by atoms with E-state index in [2.05, 4.69) is 4.74 Å². The molecule has 1 aliphatic rings. The average Bonchev–Trinajstić information content (AvgIpc) is 2.58. The van der Waals surface area contributed by atoms with Gasteiger partial charge in [0.25, 0.3) is 5.79 Å². The van der Waals surface area contributed by atoms with Crippen molar-refractivity contribution in [3.8, 4) is 0 Å². The van der Waals surface area contributed by atoms with Gasteiger partial charge >= 0.3 is 17.9 Å². The Labute approximate surface area is 151 Å². The van der Waals surface area contributed by atoms with Gasteiger partial charge in [-0.05, 0) is 18.3 Å². The topological polar surface area (TPSA) is 108 Å². The van der Waals surface area contributed by atoms with Crippen molar-refractivity contribution in [3.05, 3.63) is 0 Å². The summed E-state index contributed by atoms with van der Waals surface area (Å²) in [4.78, 5) is 34.9. The highest BCUT2D eigenvalue weighted by molar-refractivity contribution is 5.78. The van der Waals surface area contributed by atoms with Gasteiger partial charge < -0.3 is 24.1 Å². The molecule has 1 aliphatic heterocycles. The fraction of sp³-hybridized carbons (Fsp3) is 0.824. The molecular weight excluding hydrogens is 351 g/mol. The molecule has 0 aromatic rings. The fourth-order valence-electron chi connectivity index (χ4n) is 3.12. The van der Waals surface area contributed by atoms with Crippen LogP contribution in [0.15, 0.2) is 0 Å². The summed E-state index contributed by atoms with van der Waals surface area (Å²) in [6, 6.07) is 0. The molecule has 9 heteroatoms. The lowest BCUT2D eigenvalue weighted by Gasteiger charge is -2.47. The van der Waals surface area contributed by atoms with E-state index in [4.69, 9.17) is 14.2 Å². The highest BCUT2D eigenvalue weighted by Gasteiger charge is 2.60. The molecule has 0 aromatic carbocycles. The Hall–Kier alpha value is -1.74. The van der Waals surface area contributed by atoms with Crippen LogP contribution in [0.2, 0.25) is 0 Å². The lowest BCUT2D eigenvalue weighted by molar-refractivity contribution is -0.320. The number of methoxy groups -OCH3 is 1. The van der Waals surface area contributed by atoms with Crippen LogP contribution in [0.25, 0.3) is 0 Å². The van der Waals surface area contributed by atoms with Gasteiger partial charge in [-0.15, -0.1) is 0 Å². The summed E-state index contributed by atoms with van der Waals surface area (Å²) in [5.74, 6) is -6.81. The van der Waals surface area contributed by atoms with Gasteiger partial charge in [0.1, 0.15) is 12.2 Å². The molecule has 0 aliphatic carbocycles. The van der Waals surface area contributed by atoms with Gasteiger partial charge in [-0.25, -0.2) is 9.18 Å². The first kappa shape index (κ1) is 22.3. The van der Waals surface area contributed by atoms with E-state index in [1.807, 2.05) is 0 Å². The largest absolute Gasteiger partial charge is 0.465 e. The van der Waals surface area contributed by atoms with E-state index < -0.39 is 60.0 Å². The summed E-state index contributed by atoms with van der Waals surface area (Å²) in [7, 11) is 0.991. The Morgan fingerprint density at radius 1 is 1.15 bits per heavy atom. The Morgan fingerprint density at radius 2 is 1.69 bits per heavy atom. The lowest BCUT2D eigenvalue weighted by atomic mass is 9.78. The molecule has 0 spiro atoms. The Bertz CT molecular complexity index is 539. The quantitative estimate of drug-likeness (QED) is 0.541. The number of ether oxygens (including phenoxy) is 4. The summed E-state index contributed by atoms with van der Waals surface area (Å²) in [5.41, 5.74) is 0. The van der Waals surface area contributed by atoms with E-state index in [1.54, 1.807) is 13.8 Å². The minimum Gasteiger partial charge on any atom is -0.465 e. The van der Waals surface area contributed by atoms with E-state index in [0.717, 1.165) is 14.0 Å². The van der Waals surface area contributed by atoms with E-state index in [0.29, 0.717) is 0 Å². The lowest BCUT2D eigenvalue weighted by Crippen LogP contribution is -2.65. The van der Waals surface area contributed by atoms with Crippen LogP contribution in [0.4, 0.5) is 4.39 Å². The molecule has 1 heterocycles. The van der Waals surface area contributed by atoms with Gasteiger partial charge in [0.2, 0.25) is 0 Å². The van der Waals surface area contributed by atoms with Crippen LogP contribution in [0.1, 0.15) is 41.0 Å². The third-order valence-electron chi connectivity index (χ3n) is 4.69. The Balaban J connectivity index is 3.30. The fourth-order valence-corrected chi connectivity index (χ4v) is 3.12. The van der Waals surface area contributed by atoms with Gasteiger partial charge in [-0.3, -0.25) is 9.59 Å². The number of alkyl halides is 1. The van der Waals surface area contributed by atoms with Gasteiger partial charge in [0.05, 0.1) is 7.11 Å². The highest BCUT2D eigenvalue weighted by Crippen LogP contribution is 2.41. The predicted molar refractivity (Wildman–Crippen MR) is 86.5 cm³/mol. The maximum Gasteiger partial charge on any atom is 0.369 e. The molecule has 150 valence electrons. The monoisotopic (exact) mass is 378 g/mol. The molecule has 1 N–H and O–H groups in total. The number of hydrogen-bond donors (Lipinski definition) is 1. The Morgan fingerprint density at radius 3 is 2.12 bits per heavy atom. The highest BCUT2D eigenvalue weighted by atomic mass is 19.1. The molecule has 8 nitrogen and oxygen atoms in total. The molecule has 1 fully saturated rings. The SMILES string of the molecule is CC[C@@H](OC(C)=O)[C@@H](OC(C)=O)C1O[C@](O)(C(=O)OC)C(F)[C@@H](C)[C@H]1C. The second-order valence-electron chi connectivity index (χ2n) is 6.52. The van der Waals surface area contributed by atoms with Crippen molar-refractivity contribution in [3.63, 3.8) is 0 Å². The van der Waals surface area contributed by atoms with Crippen LogP contribution in [0, 0.1) is 11.8 Å². The van der Waals surface area contributed by atoms with Crippen molar-refractivity contribution in [2.75, 3.05) is 7.11 Å². The van der Waals surface area contributed by atoms with Gasteiger partial charge in [0, 0.05) is 13.8 Å². The smallest absolute Gasteiger partial charge is 0.369 e. The molecule has 0 radical (unpaired) electrons. The predicted octanol–water partition coefficient (Wildman–Crippen LogP) is 1.13. The standard InChI is InChI=1S/C17H27FO8/c1-7-12(24-10(4)19)14(25-11(5)20)13-8(2)9(3)15(18)17(22,26-13)16(21)23-6/h8-9,12-15,22H,7H2,1-6H3/t8-,9+,12-,13?,14-,15?,17+/m1/s1. The maximum atomic E-state index is 14.6. The maximum absolute atomic E-state index is 14.6. The summed E-state index contributed by atoms with van der Waals surface area (Å²) in [5, 5.41) is 10.5. The first-order valence-corrected chi connectivity index (χ1v) is 8.46. The first-order chi connectivity index (χ1) is 12.0. The third kappa shape index (κ3) is 4.50. The van der Waals surface area contributed by atoms with Crippen molar-refractivity contribution in [1.82, 2.24) is 0 Å². The van der Waals surface area contributed by atoms with Crippen LogP contribution in [-0.2, 0) is 33.3 Å². The second kappa shape index (κ2) is 8.77. The van der Waals surface area contributed by atoms with E-state index in [-0.39, 0.29) is 6.42 Å². The zero-order valence-electron chi connectivity index (χ0n) is 15.9. The van der Waals surface area contributed by atoms with Crippen LogP contribution in [0.3, 0.4) is 0 Å². The molecule has 2 unspecified atom stereocenters. The van der Waals surface area contributed by atoms with Crippen molar-refractivity contribution < 1.29 is 42.8 Å². The van der Waals surface area contributed by atoms with E-state index in [9.17, 15) is 23.9 Å². The molecule has 0 bridgehead atoms. The molecule has 1 saturated heterocycles. The number of rotatable bonds is 6. The van der Waals surface area contributed by atoms with Crippen LogP contribution in [0.5, 0.6) is 0 Å². The van der Waals surface area contributed by atoms with E-state index in [1.165, 1.54) is 13.8 Å². The van der Waals surface area contributed by atoms with Crippen LogP contribution >= 0.6 is 0 Å². The number of carbonyl (C=O) groups excluding carboxylic acids is 3. The van der Waals surface area contributed by atoms with Gasteiger partial charge in [0.15, 0.2) is 12.3 Å². The number of hydrogen-bond acceptors (Lipinski definition) is 8. The van der Waals surface area contributed by atoms with Gasteiger partial charge in [-0.2, -0.15) is 0 Å². The average molecular weight is 378 g/mol. The van der Waals surface area contributed by atoms with Crippen molar-refractivity contribution in [1.29, 1.82) is 0 Å². The second-order valence-corrected chi connectivity index (χ2v) is 6.52. The van der Waals surface area contributed by atoms with Crippen molar-refractivity contribution >= 4 is 17.9 Å². The van der Waals surface area contributed by atoms with Gasteiger partial charge in [-0.1, -0.05) is 20.8 Å². The summed E-state index contributed by atoms with van der Waals surface area (Å²) in [6.45, 7) is 7.19. The minimum atomic E-state index is -2.85. The number of carbonyl (C=O) groups is 3. The minimum absolute atomic E-state index is 0.272. The summed E-state index contributed by atoms with van der Waals surface area (Å²) >= 11 is 0. The molecule has 0 amide bonds.